The van der Waals surface area contributed by atoms with Gasteiger partial charge in [0.2, 0.25) is 11.8 Å². The Morgan fingerprint density at radius 3 is 0.906 bits per heavy atom. The molecule has 2 aliphatic rings. The van der Waals surface area contributed by atoms with Crippen molar-refractivity contribution in [3.63, 3.8) is 0 Å². The molecule has 96 heavy (non-hydrogen) atoms. The maximum absolute atomic E-state index is 13.0. The topological polar surface area (TPSA) is 338 Å². The number of carbonyl (C=O) groups is 2. The Kier molecular flexibility index (Phi) is 61.7. The minimum absolute atomic E-state index is 0.252. The van der Waals surface area contributed by atoms with E-state index in [0.29, 0.717) is 12.8 Å². The van der Waals surface area contributed by atoms with E-state index in [-0.39, 0.29) is 25.5 Å². The lowest BCUT2D eigenvalue weighted by molar-refractivity contribution is -0.303. The van der Waals surface area contributed by atoms with Gasteiger partial charge in [-0.25, -0.2) is 0 Å². The van der Waals surface area contributed by atoms with Gasteiger partial charge in [0, 0.05) is 13.3 Å². The molecule has 0 aromatic carbocycles. The summed E-state index contributed by atoms with van der Waals surface area (Å²) in [6.07, 6.45) is 39.2. The maximum Gasteiger partial charge on any atom is 0.220 e. The van der Waals surface area contributed by atoms with Crippen LogP contribution >= 0.6 is 22.6 Å². The van der Waals surface area contributed by atoms with Crippen LogP contribution in [0.4, 0.5) is 0 Å². The lowest BCUT2D eigenvalue weighted by Crippen LogP contribution is -2.60. The van der Waals surface area contributed by atoms with Crippen molar-refractivity contribution in [3.05, 3.63) is 0 Å². The van der Waals surface area contributed by atoms with E-state index in [2.05, 4.69) is 47.1 Å². The monoisotopic (exact) mass is 1490 g/mol. The van der Waals surface area contributed by atoms with Crippen LogP contribution in [0.3, 0.4) is 0 Å². The minimum Gasteiger partial charge on any atom is -0.394 e. The first-order chi connectivity index (χ1) is 46.5. The summed E-state index contributed by atoms with van der Waals surface area (Å²) >= 11 is 2.48. The van der Waals surface area contributed by atoms with Gasteiger partial charge in [-0.1, -0.05) is 319 Å². The van der Waals surface area contributed by atoms with Gasteiger partial charge < -0.3 is 90.9 Å². The summed E-state index contributed by atoms with van der Waals surface area (Å²) in [6.45, 7) is 3.92. The van der Waals surface area contributed by atoms with Crippen molar-refractivity contribution in [2.24, 2.45) is 0 Å². The van der Waals surface area contributed by atoms with Crippen molar-refractivity contribution >= 4 is 34.4 Å². The molecule has 0 aromatic heterocycles. The molecule has 20 nitrogen and oxygen atoms in total. The molecule has 0 aliphatic carbocycles. The molecule has 2 heterocycles. The first kappa shape index (κ1) is 93.0. The molecular weight excluding hydrogens is 1340 g/mol. The number of unbranched alkanes of at least 4 members (excludes halogenated alkanes) is 43. The third kappa shape index (κ3) is 46.6. The third-order valence-electron chi connectivity index (χ3n) is 19.4. The highest BCUT2D eigenvalue weighted by Crippen LogP contribution is 2.26. The molecule has 2 saturated heterocycles. The van der Waals surface area contributed by atoms with Gasteiger partial charge in [0.1, 0.15) is 61.0 Å². The molecule has 0 radical (unpaired) electrons. The smallest absolute Gasteiger partial charge is 0.220 e. The standard InChI is InChI=1S/C49H96INO9.C26H51NO9/c1-2-3-4-5-6-7-8-21-24-27-30-33-36-42(53)45(55)41(40-59-49-48(58)47(57)46(56)43(39-52)60-49)51-44(54)37-34-31-28-25-22-19-17-15-13-11-9-10-12-14-16-18-20-23-26-29-32-35-38-50;1-3-4-5-6-7-8-9-10-11-12-13-14-15-20(30)22(31)19(27-18(2)29)17-35-26-25(34)24(33)23(32)21(16-28)36-26/h41-43,45-49,52-53,55-58H,2-40H2,1H3,(H,51,54);19-26,28,30-34H,3-17H2,1-2H3,(H,27,29)/t41-,42+,43?,45-,46?,47?,48?,49?;19-,20+,21?,22-,23?,24?,25?,26?/m00/s1. The van der Waals surface area contributed by atoms with Gasteiger partial charge >= 0.3 is 0 Å². The molecule has 16 atom stereocenters. The molecule has 2 rings (SSSR count). The summed E-state index contributed by atoms with van der Waals surface area (Å²) < 4.78 is 23.2. The summed E-state index contributed by atoms with van der Waals surface area (Å²) in [5, 5.41) is 128. The number of halogens is 1. The molecule has 572 valence electrons. The molecule has 2 amide bonds. The Labute approximate surface area is 595 Å². The van der Waals surface area contributed by atoms with Gasteiger partial charge in [-0.05, 0) is 30.1 Å². The average molecular weight is 1490 g/mol. The largest absolute Gasteiger partial charge is 0.394 e. The zero-order valence-electron chi connectivity index (χ0n) is 60.6. The quantitative estimate of drug-likeness (QED) is 0.0153. The fraction of sp³-hybridized carbons (Fsp3) is 0.973. The lowest BCUT2D eigenvalue weighted by Gasteiger charge is -2.40. The summed E-state index contributed by atoms with van der Waals surface area (Å²) in [6, 6.07) is -1.97. The van der Waals surface area contributed by atoms with Crippen LogP contribution in [-0.2, 0) is 28.5 Å². The van der Waals surface area contributed by atoms with Crippen molar-refractivity contribution in [1.82, 2.24) is 10.6 Å². The second kappa shape index (κ2) is 63.7. The van der Waals surface area contributed by atoms with Crippen molar-refractivity contribution in [1.29, 1.82) is 0 Å². The Hall–Kier alpha value is -0.970. The Balaban J connectivity index is 0.00000109. The van der Waals surface area contributed by atoms with Crippen molar-refractivity contribution in [3.8, 4) is 0 Å². The number of aliphatic hydroxyl groups excluding tert-OH is 12. The van der Waals surface area contributed by atoms with Crippen LogP contribution in [0.25, 0.3) is 0 Å². The molecule has 14 N–H and O–H groups in total. The fourth-order valence-corrected chi connectivity index (χ4v) is 13.5. The molecule has 0 bridgehead atoms. The number of aliphatic hydroxyl groups is 12. The predicted molar refractivity (Wildman–Crippen MR) is 389 cm³/mol. The maximum atomic E-state index is 13.0. The van der Waals surface area contributed by atoms with Gasteiger partial charge in [0.25, 0.3) is 0 Å². The van der Waals surface area contributed by atoms with Gasteiger partial charge in [-0.15, -0.1) is 0 Å². The number of hydrogen-bond acceptors (Lipinski definition) is 18. The molecule has 0 aromatic rings. The zero-order chi connectivity index (χ0) is 70.8. The summed E-state index contributed by atoms with van der Waals surface area (Å²) in [5.74, 6) is -0.689. The van der Waals surface area contributed by atoms with Gasteiger partial charge in [-0.2, -0.15) is 0 Å². The molecule has 0 spiro atoms. The number of rotatable bonds is 64. The van der Waals surface area contributed by atoms with Crippen LogP contribution in [0.15, 0.2) is 0 Å². The van der Waals surface area contributed by atoms with E-state index in [1.54, 1.807) is 0 Å². The average Bonchev–Trinajstić information content (AvgIpc) is 1.19. The molecule has 2 aliphatic heterocycles. The Morgan fingerprint density at radius 2 is 0.635 bits per heavy atom. The minimum atomic E-state index is -1.60. The highest BCUT2D eigenvalue weighted by molar-refractivity contribution is 14.1. The highest BCUT2D eigenvalue weighted by Gasteiger charge is 2.46. The number of alkyl halides is 1. The van der Waals surface area contributed by atoms with E-state index >= 15 is 0 Å². The van der Waals surface area contributed by atoms with Crippen LogP contribution in [-0.4, -0.2) is 202 Å². The predicted octanol–water partition coefficient (Wildman–Crippen LogP) is 11.6. The Bertz CT molecular complexity index is 1730. The zero-order valence-corrected chi connectivity index (χ0v) is 62.8. The van der Waals surface area contributed by atoms with Crippen LogP contribution in [0, 0.1) is 0 Å². The summed E-state index contributed by atoms with van der Waals surface area (Å²) in [4.78, 5) is 24.6. The number of ether oxygens (including phenoxy) is 4. The number of amides is 2. The highest BCUT2D eigenvalue weighted by atomic mass is 127. The second-order valence-electron chi connectivity index (χ2n) is 28.2. The van der Waals surface area contributed by atoms with E-state index in [4.69, 9.17) is 18.9 Å². The molecule has 0 saturated carbocycles. The molecule has 21 heteroatoms. The van der Waals surface area contributed by atoms with E-state index in [9.17, 15) is 70.9 Å². The third-order valence-corrected chi connectivity index (χ3v) is 20.2. The Morgan fingerprint density at radius 1 is 0.375 bits per heavy atom. The van der Waals surface area contributed by atoms with Crippen LogP contribution in [0.2, 0.25) is 0 Å². The van der Waals surface area contributed by atoms with E-state index in [0.717, 1.165) is 64.2 Å². The summed E-state index contributed by atoms with van der Waals surface area (Å²) in [7, 11) is 0. The normalized spacial score (nSPS) is 23.2. The molecule has 2 fully saturated rings. The molecule has 10 unspecified atom stereocenters. The lowest BCUT2D eigenvalue weighted by atomic mass is 9.98. The number of hydrogen-bond donors (Lipinski definition) is 14. The van der Waals surface area contributed by atoms with Crippen LogP contribution < -0.4 is 10.6 Å². The SMILES string of the molecule is CCCCCCCCCCCCCC[C@@H](O)[C@@H](O)[C@H](COC1OC(CO)C(O)C(O)C1O)NC(=O)CCCCCCCCCCCCCCCCCCCCCCCCI.CCCCCCCCCCCCCC[C@@H](O)[C@@H](O)[C@H](COC1OC(CO)C(O)C(O)C1O)NC(C)=O. The second-order valence-corrected chi connectivity index (χ2v) is 29.3. The van der Waals surface area contributed by atoms with Crippen molar-refractivity contribution in [2.45, 2.75) is 433 Å². The molecular formula is C75H147IN2O18. The first-order valence-electron chi connectivity index (χ1n) is 39.2. The van der Waals surface area contributed by atoms with Crippen molar-refractivity contribution < 1.29 is 89.8 Å². The van der Waals surface area contributed by atoms with Crippen molar-refractivity contribution in [2.75, 3.05) is 30.9 Å². The van der Waals surface area contributed by atoms with Gasteiger partial charge in [-0.3, -0.25) is 9.59 Å². The van der Waals surface area contributed by atoms with E-state index in [1.807, 2.05) is 0 Å². The van der Waals surface area contributed by atoms with Gasteiger partial charge in [0.15, 0.2) is 12.6 Å². The van der Waals surface area contributed by atoms with Gasteiger partial charge in [0.05, 0.1) is 50.7 Å². The van der Waals surface area contributed by atoms with Crippen LogP contribution in [0.5, 0.6) is 0 Å². The summed E-state index contributed by atoms with van der Waals surface area (Å²) in [5.41, 5.74) is 0. The fourth-order valence-electron chi connectivity index (χ4n) is 13.0. The van der Waals surface area contributed by atoms with E-state index < -0.39 is 117 Å². The van der Waals surface area contributed by atoms with E-state index in [1.165, 1.54) is 243 Å². The first-order valence-corrected chi connectivity index (χ1v) is 40.7. The number of carbonyl (C=O) groups excluding carboxylic acids is 2. The van der Waals surface area contributed by atoms with Crippen LogP contribution in [0.1, 0.15) is 335 Å². The number of nitrogens with one attached hydrogen (secondary N) is 2.